The van der Waals surface area contributed by atoms with Gasteiger partial charge in [0.25, 0.3) is 0 Å². The Bertz CT molecular complexity index is 313. The van der Waals surface area contributed by atoms with Gasteiger partial charge in [-0.25, -0.2) is 0 Å². The van der Waals surface area contributed by atoms with Gasteiger partial charge in [0.15, 0.2) is 5.78 Å². The molecule has 2 fully saturated rings. The highest BCUT2D eigenvalue weighted by Crippen LogP contribution is 2.33. The predicted octanol–water partition coefficient (Wildman–Crippen LogP) is 1.71. The molecule has 4 heteroatoms. The summed E-state index contributed by atoms with van der Waals surface area (Å²) in [6.45, 7) is 4.03. The summed E-state index contributed by atoms with van der Waals surface area (Å²) in [5.41, 5.74) is 0. The lowest BCUT2D eigenvalue weighted by atomic mass is 9.81. The second-order valence-corrected chi connectivity index (χ2v) is 5.11. The van der Waals surface area contributed by atoms with Crippen LogP contribution in [-0.4, -0.2) is 30.6 Å². The maximum absolute atomic E-state index is 11.7. The zero-order valence-electron chi connectivity index (χ0n) is 10.5. The summed E-state index contributed by atoms with van der Waals surface area (Å²) in [5.74, 6) is 0.134. The van der Waals surface area contributed by atoms with Gasteiger partial charge in [0.2, 0.25) is 0 Å². The minimum Gasteiger partial charge on any atom is -0.459 e. The van der Waals surface area contributed by atoms with Crippen molar-refractivity contribution in [1.82, 2.24) is 0 Å². The van der Waals surface area contributed by atoms with Crippen LogP contribution in [0.1, 0.15) is 39.5 Å². The first kappa shape index (κ1) is 12.6. The van der Waals surface area contributed by atoms with Crippen LogP contribution in [0.5, 0.6) is 0 Å². The van der Waals surface area contributed by atoms with Crippen LogP contribution in [0, 0.1) is 11.8 Å². The molecule has 0 amide bonds. The number of fused-ring (bicyclic) bond motifs is 2. The maximum atomic E-state index is 11.7. The van der Waals surface area contributed by atoms with Crippen molar-refractivity contribution < 1.29 is 19.1 Å². The fraction of sp³-hybridized carbons (Fsp3) is 0.846. The third-order valence-electron chi connectivity index (χ3n) is 3.91. The molecule has 1 aliphatic heterocycles. The normalized spacial score (nSPS) is 34.2. The van der Waals surface area contributed by atoms with Crippen LogP contribution in [0.15, 0.2) is 0 Å². The van der Waals surface area contributed by atoms with Crippen molar-refractivity contribution in [3.05, 3.63) is 0 Å². The molecule has 0 radical (unpaired) electrons. The lowest BCUT2D eigenvalue weighted by Gasteiger charge is -2.38. The molecular weight excluding hydrogens is 220 g/mol. The van der Waals surface area contributed by atoms with Gasteiger partial charge in [-0.1, -0.05) is 13.8 Å². The molecule has 1 heterocycles. The van der Waals surface area contributed by atoms with Crippen LogP contribution in [0.3, 0.4) is 0 Å². The van der Waals surface area contributed by atoms with Gasteiger partial charge in [-0.05, 0) is 25.7 Å². The quantitative estimate of drug-likeness (QED) is 0.705. The molecule has 96 valence electrons. The van der Waals surface area contributed by atoms with E-state index in [9.17, 15) is 9.59 Å². The summed E-state index contributed by atoms with van der Waals surface area (Å²) < 4.78 is 11.0. The highest BCUT2D eigenvalue weighted by molar-refractivity contribution is 5.83. The van der Waals surface area contributed by atoms with E-state index in [1.807, 2.05) is 13.8 Å². The topological polar surface area (TPSA) is 52.6 Å². The lowest BCUT2D eigenvalue weighted by molar-refractivity contribution is -0.175. The van der Waals surface area contributed by atoms with Gasteiger partial charge < -0.3 is 9.47 Å². The number of ketones is 1. The van der Waals surface area contributed by atoms with E-state index in [2.05, 4.69) is 0 Å². The summed E-state index contributed by atoms with van der Waals surface area (Å²) in [7, 11) is 0. The molecular formula is C13H20O4. The Morgan fingerprint density at radius 2 is 2.29 bits per heavy atom. The van der Waals surface area contributed by atoms with Crippen molar-refractivity contribution in [2.45, 2.75) is 51.7 Å². The highest BCUT2D eigenvalue weighted by Gasteiger charge is 2.40. The minimum atomic E-state index is -0.152. The van der Waals surface area contributed by atoms with Crippen LogP contribution >= 0.6 is 0 Å². The number of hydrogen-bond donors (Lipinski definition) is 0. The van der Waals surface area contributed by atoms with E-state index < -0.39 is 0 Å². The van der Waals surface area contributed by atoms with Crippen LogP contribution in [0.4, 0.5) is 0 Å². The first-order chi connectivity index (χ1) is 8.11. The van der Waals surface area contributed by atoms with Crippen molar-refractivity contribution in [1.29, 1.82) is 0 Å². The zero-order chi connectivity index (χ0) is 12.4. The van der Waals surface area contributed by atoms with E-state index in [0.29, 0.717) is 0 Å². The first-order valence-corrected chi connectivity index (χ1v) is 6.46. The minimum absolute atomic E-state index is 0.0575. The number of Topliss-reactive ketones (excluding diaryl/α,β-unsaturated/α-hetero) is 1. The standard InChI is InChI=1S/C13H20O4/c1-3-8(2)13(15)17-11-5-4-9-6-12(11)16-7-10(9)14/h8-9,11-12H,3-7H2,1-2H3. The number of ether oxygens (including phenoxy) is 2. The van der Waals surface area contributed by atoms with E-state index in [1.54, 1.807) is 0 Å². The van der Waals surface area contributed by atoms with E-state index in [4.69, 9.17) is 9.47 Å². The van der Waals surface area contributed by atoms with Crippen molar-refractivity contribution in [3.63, 3.8) is 0 Å². The third-order valence-corrected chi connectivity index (χ3v) is 3.91. The van der Waals surface area contributed by atoms with E-state index in [1.165, 1.54) is 0 Å². The Hall–Kier alpha value is -0.900. The monoisotopic (exact) mass is 240 g/mol. The predicted molar refractivity (Wildman–Crippen MR) is 61.4 cm³/mol. The highest BCUT2D eigenvalue weighted by atomic mass is 16.6. The Labute approximate surface area is 102 Å². The molecule has 17 heavy (non-hydrogen) atoms. The van der Waals surface area contributed by atoms with E-state index in [0.717, 1.165) is 25.7 Å². The zero-order valence-corrected chi connectivity index (χ0v) is 10.5. The van der Waals surface area contributed by atoms with Crippen LogP contribution in [0.25, 0.3) is 0 Å². The van der Waals surface area contributed by atoms with Crippen LogP contribution in [0.2, 0.25) is 0 Å². The van der Waals surface area contributed by atoms with E-state index >= 15 is 0 Å². The number of rotatable bonds is 3. The van der Waals surface area contributed by atoms with Gasteiger partial charge >= 0.3 is 5.97 Å². The largest absolute Gasteiger partial charge is 0.459 e. The number of esters is 1. The molecule has 2 rings (SSSR count). The van der Waals surface area contributed by atoms with Crippen LogP contribution in [-0.2, 0) is 19.1 Å². The molecule has 2 aliphatic rings. The van der Waals surface area contributed by atoms with Gasteiger partial charge in [0.1, 0.15) is 12.7 Å². The number of carbonyl (C=O) groups excluding carboxylic acids is 2. The molecule has 0 N–H and O–H groups in total. The molecule has 0 aromatic carbocycles. The number of hydrogen-bond acceptors (Lipinski definition) is 4. The Kier molecular flexibility index (Phi) is 3.82. The van der Waals surface area contributed by atoms with Crippen molar-refractivity contribution in [3.8, 4) is 0 Å². The lowest BCUT2D eigenvalue weighted by Crippen LogP contribution is -2.47. The summed E-state index contributed by atoms with van der Waals surface area (Å²) in [4.78, 5) is 23.2. The van der Waals surface area contributed by atoms with Gasteiger partial charge in [0, 0.05) is 5.92 Å². The van der Waals surface area contributed by atoms with Gasteiger partial charge in [0.05, 0.1) is 12.0 Å². The summed E-state index contributed by atoms with van der Waals surface area (Å²) in [6.07, 6.45) is 2.87. The van der Waals surface area contributed by atoms with Crippen molar-refractivity contribution in [2.24, 2.45) is 11.8 Å². The fourth-order valence-corrected chi connectivity index (χ4v) is 2.44. The first-order valence-electron chi connectivity index (χ1n) is 6.46. The average molecular weight is 240 g/mol. The maximum Gasteiger partial charge on any atom is 0.309 e. The summed E-state index contributed by atoms with van der Waals surface area (Å²) in [6, 6.07) is 0. The second kappa shape index (κ2) is 5.17. The molecule has 4 unspecified atom stereocenters. The second-order valence-electron chi connectivity index (χ2n) is 5.11. The molecule has 2 bridgehead atoms. The molecule has 1 saturated carbocycles. The Morgan fingerprint density at radius 3 is 3.00 bits per heavy atom. The number of carbonyl (C=O) groups is 2. The van der Waals surface area contributed by atoms with Crippen molar-refractivity contribution >= 4 is 11.8 Å². The average Bonchev–Trinajstić information content (AvgIpc) is 2.35. The third kappa shape index (κ3) is 2.68. The van der Waals surface area contributed by atoms with Gasteiger partial charge in [-0.2, -0.15) is 0 Å². The van der Waals surface area contributed by atoms with Gasteiger partial charge in [-0.15, -0.1) is 0 Å². The molecule has 0 aromatic heterocycles. The van der Waals surface area contributed by atoms with Gasteiger partial charge in [-0.3, -0.25) is 9.59 Å². The molecule has 0 spiro atoms. The molecule has 4 nitrogen and oxygen atoms in total. The summed E-state index contributed by atoms with van der Waals surface area (Å²) in [5, 5.41) is 0. The van der Waals surface area contributed by atoms with Crippen LogP contribution < -0.4 is 0 Å². The molecule has 0 aromatic rings. The summed E-state index contributed by atoms with van der Waals surface area (Å²) >= 11 is 0. The van der Waals surface area contributed by atoms with Crippen molar-refractivity contribution in [2.75, 3.05) is 6.61 Å². The Morgan fingerprint density at radius 1 is 1.53 bits per heavy atom. The molecule has 1 aliphatic carbocycles. The fourth-order valence-electron chi connectivity index (χ4n) is 2.44. The molecule has 4 atom stereocenters. The molecule has 1 saturated heterocycles. The van der Waals surface area contributed by atoms with E-state index in [-0.39, 0.29) is 42.4 Å². The SMILES string of the molecule is CCC(C)C(=O)OC1CCC2CC1OCC2=O. The Balaban J connectivity index is 1.91. The smallest absolute Gasteiger partial charge is 0.309 e.